The molecule has 1 fully saturated rings. The van der Waals surface area contributed by atoms with Crippen LogP contribution in [0.2, 0.25) is 0 Å². The molecule has 11 heavy (non-hydrogen) atoms. The summed E-state index contributed by atoms with van der Waals surface area (Å²) in [4.78, 5) is 2.47. The topological polar surface area (TPSA) is 3.24 Å². The predicted molar refractivity (Wildman–Crippen MR) is 49.6 cm³/mol. The van der Waals surface area contributed by atoms with E-state index in [1.807, 2.05) is 6.08 Å². The smallest absolute Gasteiger partial charge is 0.0152 e. The van der Waals surface area contributed by atoms with Crippen LogP contribution < -0.4 is 0 Å². The molecule has 2 atom stereocenters. The molecule has 0 radical (unpaired) electrons. The summed E-state index contributed by atoms with van der Waals surface area (Å²) in [5.74, 6) is 0.853. The van der Waals surface area contributed by atoms with Gasteiger partial charge in [0.1, 0.15) is 0 Å². The lowest BCUT2D eigenvalue weighted by molar-refractivity contribution is 0.132. The minimum absolute atomic E-state index is 0.751. The van der Waals surface area contributed by atoms with Gasteiger partial charge < -0.3 is 4.90 Å². The maximum Gasteiger partial charge on any atom is 0.0152 e. The van der Waals surface area contributed by atoms with E-state index in [-0.39, 0.29) is 0 Å². The van der Waals surface area contributed by atoms with Crippen molar-refractivity contribution in [1.29, 1.82) is 0 Å². The van der Waals surface area contributed by atoms with Crippen LogP contribution in [0, 0.1) is 5.92 Å². The zero-order valence-electron chi connectivity index (χ0n) is 7.71. The molecule has 0 N–H and O–H groups in total. The Morgan fingerprint density at radius 3 is 2.91 bits per heavy atom. The Balaban J connectivity index is 2.47. The number of nitrogens with zero attached hydrogens (tertiary/aromatic N) is 1. The average Bonchev–Trinajstić information content (AvgIpc) is 1.97. The third kappa shape index (κ3) is 2.06. The van der Waals surface area contributed by atoms with Gasteiger partial charge in [0.25, 0.3) is 0 Å². The Morgan fingerprint density at radius 2 is 2.36 bits per heavy atom. The number of likely N-dealkylation sites (tertiary alicyclic amines) is 1. The second-order valence-electron chi connectivity index (χ2n) is 3.69. The first-order chi connectivity index (χ1) is 5.25. The third-order valence-electron chi connectivity index (χ3n) is 2.80. The highest BCUT2D eigenvalue weighted by molar-refractivity contribution is 4.85. The van der Waals surface area contributed by atoms with E-state index in [0.29, 0.717) is 0 Å². The molecule has 0 aromatic carbocycles. The fourth-order valence-electron chi connectivity index (χ4n) is 2.04. The first kappa shape index (κ1) is 8.79. The standard InChI is InChI=1S/C10H19N/c1-4-6-10-9(2)7-5-8-11(10)3/h4,9-10H,1,5-8H2,2-3H3. The van der Waals surface area contributed by atoms with E-state index < -0.39 is 0 Å². The van der Waals surface area contributed by atoms with Crippen LogP contribution in [0.25, 0.3) is 0 Å². The molecule has 1 rings (SSSR count). The summed E-state index contributed by atoms with van der Waals surface area (Å²) in [6, 6.07) is 0.751. The largest absolute Gasteiger partial charge is 0.303 e. The molecule has 64 valence electrons. The second kappa shape index (κ2) is 3.91. The summed E-state index contributed by atoms with van der Waals surface area (Å²) in [7, 11) is 2.23. The summed E-state index contributed by atoms with van der Waals surface area (Å²) >= 11 is 0. The van der Waals surface area contributed by atoms with E-state index in [1.165, 1.54) is 19.4 Å². The van der Waals surface area contributed by atoms with E-state index >= 15 is 0 Å². The molecule has 1 aliphatic rings. The molecule has 0 aromatic heterocycles. The molecule has 0 saturated carbocycles. The van der Waals surface area contributed by atoms with Crippen LogP contribution in [-0.2, 0) is 0 Å². The van der Waals surface area contributed by atoms with Crippen molar-refractivity contribution in [2.24, 2.45) is 5.92 Å². The molecule has 1 aliphatic heterocycles. The average molecular weight is 153 g/mol. The number of hydrogen-bond acceptors (Lipinski definition) is 1. The van der Waals surface area contributed by atoms with E-state index in [1.54, 1.807) is 0 Å². The zero-order chi connectivity index (χ0) is 8.27. The number of rotatable bonds is 2. The molecule has 1 nitrogen and oxygen atoms in total. The second-order valence-corrected chi connectivity index (χ2v) is 3.69. The minimum Gasteiger partial charge on any atom is -0.303 e. The van der Waals surface area contributed by atoms with Crippen molar-refractivity contribution in [3.63, 3.8) is 0 Å². The summed E-state index contributed by atoms with van der Waals surface area (Å²) in [6.45, 7) is 7.41. The Morgan fingerprint density at radius 1 is 1.64 bits per heavy atom. The van der Waals surface area contributed by atoms with Gasteiger partial charge in [0, 0.05) is 6.04 Å². The Bertz CT molecular complexity index is 121. The van der Waals surface area contributed by atoms with Gasteiger partial charge >= 0.3 is 0 Å². The third-order valence-corrected chi connectivity index (χ3v) is 2.80. The van der Waals surface area contributed by atoms with Gasteiger partial charge in [-0.05, 0) is 38.8 Å². The van der Waals surface area contributed by atoms with Crippen molar-refractivity contribution in [3.8, 4) is 0 Å². The Kier molecular flexibility index (Phi) is 3.13. The Hall–Kier alpha value is -0.300. The van der Waals surface area contributed by atoms with Gasteiger partial charge in [-0.15, -0.1) is 6.58 Å². The lowest BCUT2D eigenvalue weighted by Crippen LogP contribution is -2.41. The molecule has 0 bridgehead atoms. The van der Waals surface area contributed by atoms with Crippen LogP contribution in [0.15, 0.2) is 12.7 Å². The lowest BCUT2D eigenvalue weighted by Gasteiger charge is -2.37. The molecule has 1 saturated heterocycles. The van der Waals surface area contributed by atoms with Crippen LogP contribution in [0.4, 0.5) is 0 Å². The van der Waals surface area contributed by atoms with Crippen LogP contribution in [0.5, 0.6) is 0 Å². The van der Waals surface area contributed by atoms with Gasteiger partial charge in [-0.3, -0.25) is 0 Å². The van der Waals surface area contributed by atoms with Crippen LogP contribution >= 0.6 is 0 Å². The lowest BCUT2D eigenvalue weighted by atomic mass is 9.89. The summed E-state index contributed by atoms with van der Waals surface area (Å²) < 4.78 is 0. The van der Waals surface area contributed by atoms with Gasteiger partial charge in [-0.1, -0.05) is 13.0 Å². The van der Waals surface area contributed by atoms with E-state index in [4.69, 9.17) is 0 Å². The SMILES string of the molecule is C=CCC1C(C)CCCN1C. The first-order valence-electron chi connectivity index (χ1n) is 4.57. The molecular formula is C10H19N. The monoisotopic (exact) mass is 153 g/mol. The quantitative estimate of drug-likeness (QED) is 0.550. The molecule has 1 heteroatoms. The normalized spacial score (nSPS) is 33.6. The molecule has 0 aromatic rings. The molecule has 2 unspecified atom stereocenters. The number of hydrogen-bond donors (Lipinski definition) is 0. The highest BCUT2D eigenvalue weighted by Crippen LogP contribution is 2.23. The zero-order valence-corrected chi connectivity index (χ0v) is 7.71. The van der Waals surface area contributed by atoms with Crippen LogP contribution in [-0.4, -0.2) is 24.5 Å². The maximum atomic E-state index is 3.80. The van der Waals surface area contributed by atoms with E-state index in [2.05, 4.69) is 25.5 Å². The van der Waals surface area contributed by atoms with Crippen molar-refractivity contribution in [2.75, 3.05) is 13.6 Å². The van der Waals surface area contributed by atoms with Crippen molar-refractivity contribution in [1.82, 2.24) is 4.90 Å². The fraction of sp³-hybridized carbons (Fsp3) is 0.800. The van der Waals surface area contributed by atoms with Crippen LogP contribution in [0.1, 0.15) is 26.2 Å². The molecule has 0 spiro atoms. The summed E-state index contributed by atoms with van der Waals surface area (Å²) in [5.41, 5.74) is 0. The van der Waals surface area contributed by atoms with Gasteiger partial charge in [0.15, 0.2) is 0 Å². The highest BCUT2D eigenvalue weighted by Gasteiger charge is 2.23. The molecular weight excluding hydrogens is 134 g/mol. The fourth-order valence-corrected chi connectivity index (χ4v) is 2.04. The van der Waals surface area contributed by atoms with Gasteiger partial charge in [0.05, 0.1) is 0 Å². The predicted octanol–water partition coefficient (Wildman–Crippen LogP) is 2.29. The van der Waals surface area contributed by atoms with E-state index in [9.17, 15) is 0 Å². The Labute approximate surface area is 70.1 Å². The van der Waals surface area contributed by atoms with Crippen molar-refractivity contribution in [3.05, 3.63) is 12.7 Å². The van der Waals surface area contributed by atoms with Gasteiger partial charge in [0.2, 0.25) is 0 Å². The van der Waals surface area contributed by atoms with Crippen molar-refractivity contribution in [2.45, 2.75) is 32.2 Å². The molecule has 0 amide bonds. The molecule has 0 aliphatic carbocycles. The maximum absolute atomic E-state index is 3.80. The van der Waals surface area contributed by atoms with E-state index in [0.717, 1.165) is 18.4 Å². The molecule has 1 heterocycles. The highest BCUT2D eigenvalue weighted by atomic mass is 15.1. The first-order valence-corrected chi connectivity index (χ1v) is 4.57. The van der Waals surface area contributed by atoms with Crippen molar-refractivity contribution < 1.29 is 0 Å². The number of piperidine rings is 1. The summed E-state index contributed by atoms with van der Waals surface area (Å²) in [6.07, 6.45) is 5.95. The van der Waals surface area contributed by atoms with Gasteiger partial charge in [-0.2, -0.15) is 0 Å². The van der Waals surface area contributed by atoms with Gasteiger partial charge in [-0.25, -0.2) is 0 Å². The minimum atomic E-state index is 0.751. The van der Waals surface area contributed by atoms with Crippen molar-refractivity contribution >= 4 is 0 Å². The van der Waals surface area contributed by atoms with Crippen LogP contribution in [0.3, 0.4) is 0 Å². The summed E-state index contributed by atoms with van der Waals surface area (Å²) in [5, 5.41) is 0.